The van der Waals surface area contributed by atoms with Gasteiger partial charge in [-0.25, -0.2) is 4.39 Å². The Bertz CT molecular complexity index is 632. The van der Waals surface area contributed by atoms with Crippen LogP contribution in [0.3, 0.4) is 0 Å². The second kappa shape index (κ2) is 6.40. The summed E-state index contributed by atoms with van der Waals surface area (Å²) in [5.74, 6) is 0.136. The SMILES string of the molecule is CN(Cc1ccc(F)cc1)c1ccc(CCl)cc1C#N. The maximum Gasteiger partial charge on any atom is 0.123 e. The highest BCUT2D eigenvalue weighted by molar-refractivity contribution is 6.17. The molecule has 0 heterocycles. The molecule has 0 bridgehead atoms. The number of nitriles is 1. The van der Waals surface area contributed by atoms with Gasteiger partial charge in [-0.05, 0) is 35.4 Å². The predicted octanol–water partition coefficient (Wildman–Crippen LogP) is 4.07. The smallest absolute Gasteiger partial charge is 0.123 e. The molecule has 2 aromatic carbocycles. The zero-order valence-corrected chi connectivity index (χ0v) is 11.9. The molecule has 0 N–H and O–H groups in total. The third-order valence-corrected chi connectivity index (χ3v) is 3.39. The van der Waals surface area contributed by atoms with E-state index in [0.29, 0.717) is 18.0 Å². The van der Waals surface area contributed by atoms with Crippen LogP contribution in [0.1, 0.15) is 16.7 Å². The van der Waals surface area contributed by atoms with Gasteiger partial charge in [0.2, 0.25) is 0 Å². The molecular formula is C16H14ClFN2. The molecule has 20 heavy (non-hydrogen) atoms. The number of benzene rings is 2. The zero-order chi connectivity index (χ0) is 14.5. The molecule has 0 aliphatic carbocycles. The Balaban J connectivity index is 2.22. The first kappa shape index (κ1) is 14.4. The standard InChI is InChI=1S/C16H14ClFN2/c1-20(11-12-2-5-15(18)6-3-12)16-7-4-13(9-17)8-14(16)10-19/h2-8H,9,11H2,1H3. The van der Waals surface area contributed by atoms with Gasteiger partial charge in [-0.3, -0.25) is 0 Å². The zero-order valence-electron chi connectivity index (χ0n) is 11.1. The minimum absolute atomic E-state index is 0.249. The molecule has 0 atom stereocenters. The van der Waals surface area contributed by atoms with E-state index in [4.69, 9.17) is 11.6 Å². The number of hydrogen-bond acceptors (Lipinski definition) is 2. The fraction of sp³-hybridized carbons (Fsp3) is 0.188. The Morgan fingerprint density at radius 2 is 1.80 bits per heavy atom. The quantitative estimate of drug-likeness (QED) is 0.793. The normalized spacial score (nSPS) is 10.1. The first-order chi connectivity index (χ1) is 9.63. The predicted molar refractivity (Wildman–Crippen MR) is 79.2 cm³/mol. The second-order valence-corrected chi connectivity index (χ2v) is 4.85. The molecule has 0 saturated carbocycles. The van der Waals surface area contributed by atoms with Gasteiger partial charge in [0.1, 0.15) is 11.9 Å². The van der Waals surface area contributed by atoms with Crippen molar-refractivity contribution in [3.05, 3.63) is 65.0 Å². The average molecular weight is 289 g/mol. The molecule has 4 heteroatoms. The fourth-order valence-electron chi connectivity index (χ4n) is 2.04. The third kappa shape index (κ3) is 3.28. The molecule has 0 aliphatic rings. The van der Waals surface area contributed by atoms with E-state index < -0.39 is 0 Å². The second-order valence-electron chi connectivity index (χ2n) is 4.58. The molecule has 0 aromatic heterocycles. The van der Waals surface area contributed by atoms with Crippen molar-refractivity contribution < 1.29 is 4.39 Å². The van der Waals surface area contributed by atoms with Crippen molar-refractivity contribution in [1.29, 1.82) is 5.26 Å². The van der Waals surface area contributed by atoms with E-state index in [0.717, 1.165) is 16.8 Å². The first-order valence-corrected chi connectivity index (χ1v) is 6.72. The maximum atomic E-state index is 12.9. The van der Waals surface area contributed by atoms with Crippen LogP contribution in [0.4, 0.5) is 10.1 Å². The number of alkyl halides is 1. The van der Waals surface area contributed by atoms with Gasteiger partial charge >= 0.3 is 0 Å². The molecule has 2 aromatic rings. The molecule has 0 amide bonds. The van der Waals surface area contributed by atoms with Crippen molar-refractivity contribution in [2.24, 2.45) is 0 Å². The van der Waals surface area contributed by atoms with Gasteiger partial charge < -0.3 is 4.90 Å². The first-order valence-electron chi connectivity index (χ1n) is 6.18. The van der Waals surface area contributed by atoms with Crippen molar-refractivity contribution >= 4 is 17.3 Å². The van der Waals surface area contributed by atoms with Gasteiger partial charge in [0, 0.05) is 19.5 Å². The van der Waals surface area contributed by atoms with Crippen LogP contribution in [0.15, 0.2) is 42.5 Å². The van der Waals surface area contributed by atoms with Crippen molar-refractivity contribution in [3.63, 3.8) is 0 Å². The van der Waals surface area contributed by atoms with Gasteiger partial charge in [-0.2, -0.15) is 5.26 Å². The van der Waals surface area contributed by atoms with Gasteiger partial charge in [-0.15, -0.1) is 11.6 Å². The number of anilines is 1. The van der Waals surface area contributed by atoms with E-state index in [1.807, 2.05) is 24.1 Å². The molecule has 0 spiro atoms. The Morgan fingerprint density at radius 1 is 1.15 bits per heavy atom. The van der Waals surface area contributed by atoms with Crippen LogP contribution >= 0.6 is 11.6 Å². The van der Waals surface area contributed by atoms with Crippen LogP contribution in [0.5, 0.6) is 0 Å². The van der Waals surface area contributed by atoms with Crippen LogP contribution in [0.25, 0.3) is 0 Å². The molecule has 0 radical (unpaired) electrons. The highest BCUT2D eigenvalue weighted by atomic mass is 35.5. The molecule has 0 saturated heterocycles. The van der Waals surface area contributed by atoms with Gasteiger partial charge in [0.15, 0.2) is 0 Å². The van der Waals surface area contributed by atoms with Crippen molar-refractivity contribution in [2.75, 3.05) is 11.9 Å². The lowest BCUT2D eigenvalue weighted by Crippen LogP contribution is -2.17. The lowest BCUT2D eigenvalue weighted by Gasteiger charge is -2.21. The Kier molecular flexibility index (Phi) is 4.60. The van der Waals surface area contributed by atoms with Crippen LogP contribution in [0.2, 0.25) is 0 Å². The van der Waals surface area contributed by atoms with Crippen LogP contribution < -0.4 is 4.90 Å². The summed E-state index contributed by atoms with van der Waals surface area (Å²) in [4.78, 5) is 1.96. The van der Waals surface area contributed by atoms with Gasteiger partial charge in [0.25, 0.3) is 0 Å². The van der Waals surface area contributed by atoms with E-state index in [1.165, 1.54) is 12.1 Å². The lowest BCUT2D eigenvalue weighted by molar-refractivity contribution is 0.627. The molecule has 0 aliphatic heterocycles. The van der Waals surface area contributed by atoms with E-state index in [9.17, 15) is 9.65 Å². The lowest BCUT2D eigenvalue weighted by atomic mass is 10.1. The largest absolute Gasteiger partial charge is 0.369 e. The number of nitrogens with zero attached hydrogens (tertiary/aromatic N) is 2. The fourth-order valence-corrected chi connectivity index (χ4v) is 2.20. The summed E-state index contributed by atoms with van der Waals surface area (Å²) >= 11 is 5.77. The monoisotopic (exact) mass is 288 g/mol. The summed E-state index contributed by atoms with van der Waals surface area (Å²) in [6.45, 7) is 0.606. The number of hydrogen-bond donors (Lipinski definition) is 0. The maximum absolute atomic E-state index is 12.9. The molecule has 2 nitrogen and oxygen atoms in total. The molecule has 102 valence electrons. The van der Waals surface area contributed by atoms with Crippen LogP contribution in [-0.2, 0) is 12.4 Å². The van der Waals surface area contributed by atoms with E-state index in [-0.39, 0.29) is 5.82 Å². The van der Waals surface area contributed by atoms with Crippen molar-refractivity contribution in [3.8, 4) is 6.07 Å². The molecule has 2 rings (SSSR count). The van der Waals surface area contributed by atoms with Crippen LogP contribution in [-0.4, -0.2) is 7.05 Å². The third-order valence-electron chi connectivity index (χ3n) is 3.08. The molecule has 0 unspecified atom stereocenters. The Hall–Kier alpha value is -2.05. The Labute approximate surface area is 123 Å². The number of halogens is 2. The van der Waals surface area contributed by atoms with E-state index >= 15 is 0 Å². The summed E-state index contributed by atoms with van der Waals surface area (Å²) in [5, 5.41) is 9.22. The summed E-state index contributed by atoms with van der Waals surface area (Å²) in [6.07, 6.45) is 0. The minimum Gasteiger partial charge on any atom is -0.369 e. The van der Waals surface area contributed by atoms with Crippen LogP contribution in [0, 0.1) is 17.1 Å². The average Bonchev–Trinajstić information content (AvgIpc) is 2.48. The highest BCUT2D eigenvalue weighted by Gasteiger charge is 2.09. The van der Waals surface area contributed by atoms with E-state index in [1.54, 1.807) is 18.2 Å². The highest BCUT2D eigenvalue weighted by Crippen LogP contribution is 2.23. The number of rotatable bonds is 4. The summed E-state index contributed by atoms with van der Waals surface area (Å²) in [6, 6.07) is 14.1. The summed E-state index contributed by atoms with van der Waals surface area (Å²) in [5.41, 5.74) is 3.33. The topological polar surface area (TPSA) is 27.0 Å². The van der Waals surface area contributed by atoms with E-state index in [2.05, 4.69) is 6.07 Å². The summed E-state index contributed by atoms with van der Waals surface area (Å²) in [7, 11) is 1.90. The minimum atomic E-state index is -0.249. The van der Waals surface area contributed by atoms with Crippen molar-refractivity contribution in [2.45, 2.75) is 12.4 Å². The van der Waals surface area contributed by atoms with Crippen molar-refractivity contribution in [1.82, 2.24) is 0 Å². The Morgan fingerprint density at radius 3 is 2.40 bits per heavy atom. The van der Waals surface area contributed by atoms with Gasteiger partial charge in [0.05, 0.1) is 11.3 Å². The van der Waals surface area contributed by atoms with Gasteiger partial charge in [-0.1, -0.05) is 18.2 Å². The molecule has 0 fully saturated rings. The summed E-state index contributed by atoms with van der Waals surface area (Å²) < 4.78 is 12.9. The molecular weight excluding hydrogens is 275 g/mol.